The first-order chi connectivity index (χ1) is 11.5. The second-order valence-corrected chi connectivity index (χ2v) is 6.78. The number of thiophene rings is 1. The number of carbonyl (C=O) groups is 2. The van der Waals surface area contributed by atoms with E-state index < -0.39 is 6.04 Å². The average Bonchev–Trinajstić information content (AvgIpc) is 3.08. The van der Waals surface area contributed by atoms with Crippen molar-refractivity contribution in [2.75, 3.05) is 5.32 Å². The zero-order chi connectivity index (χ0) is 17.5. The highest BCUT2D eigenvalue weighted by Gasteiger charge is 2.15. The summed E-state index contributed by atoms with van der Waals surface area (Å²) < 4.78 is 0. The van der Waals surface area contributed by atoms with E-state index in [9.17, 15) is 9.59 Å². The zero-order valence-corrected chi connectivity index (χ0v) is 14.9. The van der Waals surface area contributed by atoms with Crippen LogP contribution in [0.1, 0.15) is 35.0 Å². The molecule has 0 aliphatic rings. The largest absolute Gasteiger partial charge is 0.347 e. The van der Waals surface area contributed by atoms with Gasteiger partial charge in [0.05, 0.1) is 23.2 Å². The Morgan fingerprint density at radius 1 is 1.33 bits per heavy atom. The van der Waals surface area contributed by atoms with E-state index >= 15 is 0 Å². The summed E-state index contributed by atoms with van der Waals surface area (Å²) in [6.07, 6.45) is 1.43. The topological polar surface area (TPSA) is 84.2 Å². The number of rotatable bonds is 7. The van der Waals surface area contributed by atoms with E-state index in [0.717, 1.165) is 11.3 Å². The summed E-state index contributed by atoms with van der Waals surface area (Å²) in [5, 5.41) is 7.81. The molecule has 7 heteroatoms. The van der Waals surface area contributed by atoms with Crippen LogP contribution in [0.25, 0.3) is 0 Å². The summed E-state index contributed by atoms with van der Waals surface area (Å²) in [4.78, 5) is 25.3. The Kier molecular flexibility index (Phi) is 6.78. The number of hydrogen-bond donors (Lipinski definition) is 3. The van der Waals surface area contributed by atoms with E-state index in [-0.39, 0.29) is 11.8 Å². The Balaban J connectivity index is 2.04. The molecule has 0 saturated carbocycles. The lowest BCUT2D eigenvalue weighted by molar-refractivity contribution is -0.117. The number of anilines is 1. The van der Waals surface area contributed by atoms with Gasteiger partial charge in [-0.25, -0.2) is 0 Å². The maximum atomic E-state index is 12.3. The lowest BCUT2D eigenvalue weighted by Gasteiger charge is -2.13. The third kappa shape index (κ3) is 5.06. The summed E-state index contributed by atoms with van der Waals surface area (Å²) in [5.74, 6) is -0.563. The number of nitrogens with one attached hydrogen (secondary N) is 2. The monoisotopic (exact) mass is 365 g/mol. The van der Waals surface area contributed by atoms with Crippen molar-refractivity contribution < 1.29 is 9.59 Å². The molecule has 1 unspecified atom stereocenters. The van der Waals surface area contributed by atoms with Crippen LogP contribution in [0.3, 0.4) is 0 Å². The third-order valence-electron chi connectivity index (χ3n) is 3.42. The van der Waals surface area contributed by atoms with E-state index in [1.807, 2.05) is 24.4 Å². The van der Waals surface area contributed by atoms with Gasteiger partial charge >= 0.3 is 0 Å². The van der Waals surface area contributed by atoms with E-state index in [2.05, 4.69) is 10.6 Å². The fraction of sp³-hybridized carbons (Fsp3) is 0.294. The minimum Gasteiger partial charge on any atom is -0.347 e. The molecular weight excluding hydrogens is 346 g/mol. The van der Waals surface area contributed by atoms with E-state index in [1.54, 1.807) is 29.5 Å². The van der Waals surface area contributed by atoms with Gasteiger partial charge < -0.3 is 16.4 Å². The highest BCUT2D eigenvalue weighted by atomic mass is 35.5. The van der Waals surface area contributed by atoms with Crippen LogP contribution in [0.4, 0.5) is 5.69 Å². The van der Waals surface area contributed by atoms with Crippen molar-refractivity contribution in [3.8, 4) is 0 Å². The van der Waals surface area contributed by atoms with Crippen LogP contribution in [0.5, 0.6) is 0 Å². The molecule has 1 atom stereocenters. The minimum absolute atomic E-state index is 0.274. The Morgan fingerprint density at radius 3 is 2.79 bits per heavy atom. The summed E-state index contributed by atoms with van der Waals surface area (Å²) in [7, 11) is 0. The van der Waals surface area contributed by atoms with Gasteiger partial charge in [-0.3, -0.25) is 9.59 Å². The second kappa shape index (κ2) is 8.82. The maximum Gasteiger partial charge on any atom is 0.253 e. The van der Waals surface area contributed by atoms with Gasteiger partial charge in [-0.2, -0.15) is 0 Å². The van der Waals surface area contributed by atoms with Gasteiger partial charge in [0.15, 0.2) is 0 Å². The molecule has 1 aromatic heterocycles. The van der Waals surface area contributed by atoms with Gasteiger partial charge in [0.25, 0.3) is 5.91 Å². The van der Waals surface area contributed by atoms with Gasteiger partial charge in [0.1, 0.15) is 0 Å². The van der Waals surface area contributed by atoms with Crippen LogP contribution in [0.15, 0.2) is 35.7 Å². The Labute approximate surface area is 150 Å². The summed E-state index contributed by atoms with van der Waals surface area (Å²) in [6, 6.07) is 8.09. The van der Waals surface area contributed by atoms with Crippen LogP contribution in [-0.4, -0.2) is 17.9 Å². The minimum atomic E-state index is -0.568. The fourth-order valence-corrected chi connectivity index (χ4v) is 2.98. The predicted molar refractivity (Wildman–Crippen MR) is 98.5 cm³/mol. The molecule has 5 nitrogen and oxygen atoms in total. The molecule has 2 amide bonds. The summed E-state index contributed by atoms with van der Waals surface area (Å²) >= 11 is 7.67. The molecule has 2 aromatic rings. The average molecular weight is 366 g/mol. The molecule has 0 spiro atoms. The molecular formula is C17H20ClN3O2S. The molecule has 1 aromatic carbocycles. The van der Waals surface area contributed by atoms with Crippen molar-refractivity contribution in [3.05, 3.63) is 51.2 Å². The van der Waals surface area contributed by atoms with Crippen molar-refractivity contribution in [1.29, 1.82) is 0 Å². The molecule has 2 rings (SSSR count). The lowest BCUT2D eigenvalue weighted by Crippen LogP contribution is -2.35. The number of halogens is 1. The van der Waals surface area contributed by atoms with Crippen molar-refractivity contribution in [2.24, 2.45) is 5.73 Å². The van der Waals surface area contributed by atoms with Gasteiger partial charge in [0.2, 0.25) is 5.91 Å². The molecule has 0 aliphatic heterocycles. The molecule has 24 heavy (non-hydrogen) atoms. The number of amides is 2. The van der Waals surface area contributed by atoms with Crippen molar-refractivity contribution in [2.45, 2.75) is 32.4 Å². The molecule has 0 bridgehead atoms. The first-order valence-corrected chi connectivity index (χ1v) is 8.93. The van der Waals surface area contributed by atoms with E-state index in [0.29, 0.717) is 29.2 Å². The van der Waals surface area contributed by atoms with Gasteiger partial charge in [-0.1, -0.05) is 31.0 Å². The van der Waals surface area contributed by atoms with Crippen molar-refractivity contribution in [3.63, 3.8) is 0 Å². The lowest BCUT2D eigenvalue weighted by atomic mass is 10.1. The molecule has 0 radical (unpaired) electrons. The SMILES string of the molecule is CCCC(N)C(=O)Nc1ccc(Cl)c(C(=O)NCc2cccs2)c1. The van der Waals surface area contributed by atoms with Gasteiger partial charge in [-0.15, -0.1) is 11.3 Å². The number of hydrogen-bond acceptors (Lipinski definition) is 4. The smallest absolute Gasteiger partial charge is 0.253 e. The quantitative estimate of drug-likeness (QED) is 0.703. The van der Waals surface area contributed by atoms with E-state index in [4.69, 9.17) is 17.3 Å². The van der Waals surface area contributed by atoms with Gasteiger partial charge in [0, 0.05) is 10.6 Å². The Morgan fingerprint density at radius 2 is 2.12 bits per heavy atom. The van der Waals surface area contributed by atoms with Gasteiger partial charge in [-0.05, 0) is 36.1 Å². The maximum absolute atomic E-state index is 12.3. The molecule has 0 saturated heterocycles. The molecule has 1 heterocycles. The fourth-order valence-electron chi connectivity index (χ4n) is 2.13. The second-order valence-electron chi connectivity index (χ2n) is 5.34. The number of benzene rings is 1. The van der Waals surface area contributed by atoms with Crippen LogP contribution < -0.4 is 16.4 Å². The first kappa shape index (κ1) is 18.4. The third-order valence-corrected chi connectivity index (χ3v) is 4.62. The van der Waals surface area contributed by atoms with Crippen LogP contribution in [0, 0.1) is 0 Å². The van der Waals surface area contributed by atoms with Crippen LogP contribution in [-0.2, 0) is 11.3 Å². The standard InChI is InChI=1S/C17H20ClN3O2S/c1-2-4-15(19)17(23)21-11-6-7-14(18)13(9-11)16(22)20-10-12-5-3-8-24-12/h3,5-9,15H,2,4,10,19H2,1H3,(H,20,22)(H,21,23). The van der Waals surface area contributed by atoms with E-state index in [1.165, 1.54) is 0 Å². The summed E-state index contributed by atoms with van der Waals surface area (Å²) in [5.41, 5.74) is 6.60. The number of carbonyl (C=O) groups excluding carboxylic acids is 2. The number of nitrogens with two attached hydrogens (primary N) is 1. The Bertz CT molecular complexity index is 704. The molecule has 128 valence electrons. The van der Waals surface area contributed by atoms with Crippen LogP contribution in [0.2, 0.25) is 5.02 Å². The predicted octanol–water partition coefficient (Wildman–Crippen LogP) is 3.40. The molecule has 0 fully saturated rings. The zero-order valence-electron chi connectivity index (χ0n) is 13.3. The van der Waals surface area contributed by atoms with Crippen molar-refractivity contribution >= 4 is 40.4 Å². The molecule has 4 N–H and O–H groups in total. The highest BCUT2D eigenvalue weighted by Crippen LogP contribution is 2.21. The molecule has 0 aliphatic carbocycles. The van der Waals surface area contributed by atoms with Crippen molar-refractivity contribution in [1.82, 2.24) is 5.32 Å². The van der Waals surface area contributed by atoms with Crippen LogP contribution >= 0.6 is 22.9 Å². The first-order valence-electron chi connectivity index (χ1n) is 7.67. The normalized spacial score (nSPS) is 11.8. The Hall–Kier alpha value is -1.89. The summed E-state index contributed by atoms with van der Waals surface area (Å²) in [6.45, 7) is 2.40. The highest BCUT2D eigenvalue weighted by molar-refractivity contribution is 7.09.